The molecule has 0 saturated carbocycles. The molecule has 0 aromatic heterocycles. The molecule has 0 unspecified atom stereocenters. The van der Waals surface area contributed by atoms with Gasteiger partial charge in [0.15, 0.2) is 0 Å². The standard InChI is InChI=1S/C10H7BCl2/c12-11(13)10-7-3-5-8-4-1-2-6-9(8)10/h1-7H. The van der Waals surface area contributed by atoms with Crippen LogP contribution in [0.1, 0.15) is 0 Å². The SMILES string of the molecule is ClB(Cl)c1cccc2ccccc12. The Morgan fingerprint density at radius 3 is 2.31 bits per heavy atom. The number of hydrogen-bond acceptors (Lipinski definition) is 0. The fourth-order valence-electron chi connectivity index (χ4n) is 1.44. The molecular weight excluding hydrogens is 202 g/mol. The molecule has 0 radical (unpaired) electrons. The molecule has 0 N–H and O–H groups in total. The quantitative estimate of drug-likeness (QED) is 0.633. The molecular formula is C10H7BCl2. The highest BCUT2D eigenvalue weighted by Gasteiger charge is 2.11. The molecule has 13 heavy (non-hydrogen) atoms. The third kappa shape index (κ3) is 1.67. The molecule has 0 nitrogen and oxygen atoms in total. The van der Waals surface area contributed by atoms with Crippen LogP contribution in [-0.4, -0.2) is 5.54 Å². The lowest BCUT2D eigenvalue weighted by atomic mass is 9.88. The molecule has 0 heterocycles. The van der Waals surface area contributed by atoms with Crippen LogP contribution in [0.15, 0.2) is 42.5 Å². The van der Waals surface area contributed by atoms with E-state index in [9.17, 15) is 0 Å². The van der Waals surface area contributed by atoms with Crippen molar-refractivity contribution >= 4 is 44.7 Å². The smallest absolute Gasteiger partial charge is 0.164 e. The van der Waals surface area contributed by atoms with Crippen LogP contribution in [-0.2, 0) is 0 Å². The molecule has 0 amide bonds. The maximum atomic E-state index is 5.85. The molecule has 0 aliphatic rings. The summed E-state index contributed by atoms with van der Waals surface area (Å²) in [6, 6.07) is 14.0. The van der Waals surface area contributed by atoms with Crippen molar-refractivity contribution in [1.82, 2.24) is 0 Å². The Kier molecular flexibility index (Phi) is 2.48. The van der Waals surface area contributed by atoms with Crippen molar-refractivity contribution < 1.29 is 0 Å². The van der Waals surface area contributed by atoms with Crippen molar-refractivity contribution in [3.63, 3.8) is 0 Å². The van der Waals surface area contributed by atoms with Gasteiger partial charge < -0.3 is 0 Å². The van der Waals surface area contributed by atoms with E-state index in [1.54, 1.807) is 0 Å². The zero-order chi connectivity index (χ0) is 9.26. The highest BCUT2D eigenvalue weighted by Crippen LogP contribution is 2.13. The van der Waals surface area contributed by atoms with Crippen molar-refractivity contribution in [2.24, 2.45) is 0 Å². The number of fused-ring (bicyclic) bond motifs is 1. The molecule has 64 valence electrons. The lowest BCUT2D eigenvalue weighted by molar-refractivity contribution is 1.78. The molecule has 2 aromatic rings. The van der Waals surface area contributed by atoms with E-state index < -0.39 is 5.54 Å². The van der Waals surface area contributed by atoms with Crippen molar-refractivity contribution in [3.05, 3.63) is 42.5 Å². The molecule has 0 bridgehead atoms. The van der Waals surface area contributed by atoms with Gasteiger partial charge in [0, 0.05) is 0 Å². The summed E-state index contributed by atoms with van der Waals surface area (Å²) in [7, 11) is 0. The van der Waals surface area contributed by atoms with Crippen LogP contribution in [0.5, 0.6) is 0 Å². The first-order valence-electron chi connectivity index (χ1n) is 4.05. The van der Waals surface area contributed by atoms with Gasteiger partial charge in [-0.25, -0.2) is 0 Å². The number of halogens is 2. The van der Waals surface area contributed by atoms with E-state index in [4.69, 9.17) is 22.9 Å². The Labute approximate surface area is 87.4 Å². The van der Waals surface area contributed by atoms with Gasteiger partial charge in [-0.05, 0) is 16.2 Å². The van der Waals surface area contributed by atoms with Gasteiger partial charge in [0.25, 0.3) is 0 Å². The molecule has 0 spiro atoms. The van der Waals surface area contributed by atoms with Gasteiger partial charge in [0.1, 0.15) is 0 Å². The van der Waals surface area contributed by atoms with Gasteiger partial charge in [-0.1, -0.05) is 42.5 Å². The second-order valence-corrected chi connectivity index (χ2v) is 3.97. The first-order chi connectivity index (χ1) is 6.29. The molecule has 0 fully saturated rings. The van der Waals surface area contributed by atoms with E-state index >= 15 is 0 Å². The van der Waals surface area contributed by atoms with E-state index in [1.807, 2.05) is 30.3 Å². The topological polar surface area (TPSA) is 0 Å². The summed E-state index contributed by atoms with van der Waals surface area (Å²) in [5.41, 5.74) is 0.521. The van der Waals surface area contributed by atoms with Crippen molar-refractivity contribution in [2.45, 2.75) is 0 Å². The van der Waals surface area contributed by atoms with Crippen LogP contribution in [0.2, 0.25) is 0 Å². The minimum Gasteiger partial charge on any atom is -0.164 e. The summed E-state index contributed by atoms with van der Waals surface area (Å²) in [4.78, 5) is 0. The predicted molar refractivity (Wildman–Crippen MR) is 61.0 cm³/mol. The largest absolute Gasteiger partial charge is 0.383 e. The van der Waals surface area contributed by atoms with Crippen LogP contribution in [0, 0.1) is 0 Å². The average molecular weight is 209 g/mol. The maximum Gasteiger partial charge on any atom is 0.383 e. The van der Waals surface area contributed by atoms with Gasteiger partial charge in [0.05, 0.1) is 0 Å². The molecule has 3 heteroatoms. The minimum absolute atomic E-state index is 0.453. The Morgan fingerprint density at radius 2 is 1.54 bits per heavy atom. The first-order valence-corrected chi connectivity index (χ1v) is 4.92. The van der Waals surface area contributed by atoms with Gasteiger partial charge >= 0.3 is 5.54 Å². The predicted octanol–water partition coefficient (Wildman–Crippen LogP) is 3.01. The van der Waals surface area contributed by atoms with Crippen LogP contribution in [0.4, 0.5) is 0 Å². The second kappa shape index (κ2) is 3.61. The van der Waals surface area contributed by atoms with Gasteiger partial charge in [-0.15, -0.1) is 0 Å². The van der Waals surface area contributed by atoms with Crippen LogP contribution in [0.25, 0.3) is 10.8 Å². The number of benzene rings is 2. The summed E-state index contributed by atoms with van der Waals surface area (Å²) >= 11 is 11.7. The molecule has 0 aliphatic carbocycles. The summed E-state index contributed by atoms with van der Waals surface area (Å²) in [5.74, 6) is 0. The summed E-state index contributed by atoms with van der Waals surface area (Å²) in [6.07, 6.45) is 0. The molecule has 0 saturated heterocycles. The third-order valence-corrected chi connectivity index (χ3v) is 2.53. The monoisotopic (exact) mass is 208 g/mol. The van der Waals surface area contributed by atoms with E-state index in [2.05, 4.69) is 12.1 Å². The van der Waals surface area contributed by atoms with E-state index in [1.165, 1.54) is 5.39 Å². The average Bonchev–Trinajstić information content (AvgIpc) is 2.17. The fraction of sp³-hybridized carbons (Fsp3) is 0. The van der Waals surface area contributed by atoms with Crippen LogP contribution >= 0.6 is 22.9 Å². The Bertz CT molecular complexity index is 421. The van der Waals surface area contributed by atoms with Crippen molar-refractivity contribution in [3.8, 4) is 0 Å². The summed E-state index contributed by atoms with van der Waals surface area (Å²) in [6.45, 7) is 0. The lowest BCUT2D eigenvalue weighted by Gasteiger charge is -2.03. The van der Waals surface area contributed by atoms with E-state index in [0.29, 0.717) is 0 Å². The Morgan fingerprint density at radius 1 is 0.846 bits per heavy atom. The van der Waals surface area contributed by atoms with Gasteiger partial charge in [-0.3, -0.25) is 0 Å². The number of hydrogen-bond donors (Lipinski definition) is 0. The lowest BCUT2D eigenvalue weighted by Crippen LogP contribution is -2.18. The first kappa shape index (κ1) is 8.92. The van der Waals surface area contributed by atoms with Crippen molar-refractivity contribution in [1.29, 1.82) is 0 Å². The second-order valence-electron chi connectivity index (χ2n) is 2.87. The normalized spacial score (nSPS) is 10.3. The fourth-order valence-corrected chi connectivity index (χ4v) is 1.82. The highest BCUT2D eigenvalue weighted by molar-refractivity contribution is 7.40. The maximum absolute atomic E-state index is 5.85. The van der Waals surface area contributed by atoms with E-state index in [0.717, 1.165) is 10.8 Å². The van der Waals surface area contributed by atoms with Crippen LogP contribution in [0.3, 0.4) is 0 Å². The Balaban J connectivity index is 2.76. The van der Waals surface area contributed by atoms with Crippen LogP contribution < -0.4 is 5.46 Å². The zero-order valence-corrected chi connectivity index (χ0v) is 8.39. The summed E-state index contributed by atoms with van der Waals surface area (Å²) in [5, 5.41) is 2.30. The molecule has 2 aromatic carbocycles. The van der Waals surface area contributed by atoms with Crippen molar-refractivity contribution in [2.75, 3.05) is 0 Å². The molecule has 0 atom stereocenters. The van der Waals surface area contributed by atoms with Gasteiger partial charge in [0.2, 0.25) is 0 Å². The highest BCUT2D eigenvalue weighted by atomic mass is 35.5. The molecule has 2 rings (SSSR count). The summed E-state index contributed by atoms with van der Waals surface area (Å²) < 4.78 is 0. The van der Waals surface area contributed by atoms with Gasteiger partial charge in [-0.2, -0.15) is 22.9 Å². The number of rotatable bonds is 1. The zero-order valence-electron chi connectivity index (χ0n) is 6.87. The minimum atomic E-state index is -0.453. The molecule has 0 aliphatic heterocycles. The third-order valence-electron chi connectivity index (χ3n) is 2.06. The van der Waals surface area contributed by atoms with E-state index in [-0.39, 0.29) is 0 Å². The Hall–Kier alpha value is -0.655.